The van der Waals surface area contributed by atoms with Gasteiger partial charge in [-0.3, -0.25) is 4.79 Å². The summed E-state index contributed by atoms with van der Waals surface area (Å²) < 4.78 is 8.36. The van der Waals surface area contributed by atoms with E-state index in [4.69, 9.17) is 16.3 Å². The van der Waals surface area contributed by atoms with Gasteiger partial charge in [-0.1, -0.05) is 27.5 Å². The van der Waals surface area contributed by atoms with Gasteiger partial charge in [0.15, 0.2) is 6.61 Å². The summed E-state index contributed by atoms with van der Waals surface area (Å²) in [5.41, 5.74) is 2.68. The molecule has 1 aromatic heterocycles. The molecule has 0 radical (unpaired) electrons. The van der Waals surface area contributed by atoms with Crippen LogP contribution in [0.4, 0.5) is 0 Å². The predicted octanol–water partition coefficient (Wildman–Crippen LogP) is 4.32. The average Bonchev–Trinajstić information content (AvgIpc) is 2.65. The van der Waals surface area contributed by atoms with Crippen LogP contribution in [0.1, 0.15) is 21.7 Å². The summed E-state index contributed by atoms with van der Waals surface area (Å²) in [6, 6.07) is 7.18. The molecule has 1 heterocycles. The fourth-order valence-corrected chi connectivity index (χ4v) is 2.68. The molecule has 0 spiro atoms. The van der Waals surface area contributed by atoms with E-state index in [1.807, 2.05) is 37.6 Å². The highest BCUT2D eigenvalue weighted by molar-refractivity contribution is 9.10. The second-order valence-corrected chi connectivity index (χ2v) is 5.95. The number of carbonyl (C=O) groups is 1. The van der Waals surface area contributed by atoms with E-state index in [0.717, 1.165) is 15.9 Å². The van der Waals surface area contributed by atoms with Crippen LogP contribution in [0.2, 0.25) is 5.02 Å². The number of Topliss-reactive ketones (excluding diaryl/α,β-unsaturated/α-hetero) is 1. The number of rotatable bonds is 4. The molecule has 0 fully saturated rings. The fourth-order valence-electron chi connectivity index (χ4n) is 1.95. The molecule has 2 rings (SSSR count). The Kier molecular flexibility index (Phi) is 4.55. The Morgan fingerprint density at radius 2 is 2.05 bits per heavy atom. The molecule has 2 aromatic rings. The maximum Gasteiger partial charge on any atom is 0.202 e. The van der Waals surface area contributed by atoms with Crippen molar-refractivity contribution < 1.29 is 9.53 Å². The molecule has 0 N–H and O–H groups in total. The third kappa shape index (κ3) is 3.07. The molecule has 106 valence electrons. The molecule has 0 aliphatic heterocycles. The second-order valence-electron chi connectivity index (χ2n) is 4.63. The number of ketones is 1. The van der Waals surface area contributed by atoms with Crippen molar-refractivity contribution in [2.24, 2.45) is 7.05 Å². The van der Waals surface area contributed by atoms with Gasteiger partial charge in [0, 0.05) is 28.5 Å². The van der Waals surface area contributed by atoms with Gasteiger partial charge in [-0.15, -0.1) is 0 Å². The normalized spacial score (nSPS) is 10.7. The highest BCUT2D eigenvalue weighted by Crippen LogP contribution is 2.28. The lowest BCUT2D eigenvalue weighted by atomic mass is 10.1. The number of ether oxygens (including phenoxy) is 1. The van der Waals surface area contributed by atoms with E-state index >= 15 is 0 Å². The van der Waals surface area contributed by atoms with Crippen LogP contribution in [-0.4, -0.2) is 17.0 Å². The zero-order valence-electron chi connectivity index (χ0n) is 11.5. The highest BCUT2D eigenvalue weighted by Gasteiger charge is 2.15. The summed E-state index contributed by atoms with van der Waals surface area (Å²) in [4.78, 5) is 12.2. The van der Waals surface area contributed by atoms with E-state index < -0.39 is 0 Å². The van der Waals surface area contributed by atoms with Crippen molar-refractivity contribution >= 4 is 33.3 Å². The molecular weight excluding hydrogens is 342 g/mol. The molecule has 3 nitrogen and oxygen atoms in total. The van der Waals surface area contributed by atoms with Gasteiger partial charge in [-0.25, -0.2) is 0 Å². The van der Waals surface area contributed by atoms with Crippen LogP contribution in [0.15, 0.2) is 28.7 Å². The third-order valence-electron chi connectivity index (χ3n) is 3.33. The Morgan fingerprint density at radius 1 is 1.35 bits per heavy atom. The van der Waals surface area contributed by atoms with E-state index in [1.54, 1.807) is 12.1 Å². The van der Waals surface area contributed by atoms with E-state index in [9.17, 15) is 4.79 Å². The topological polar surface area (TPSA) is 31.2 Å². The quantitative estimate of drug-likeness (QED) is 0.764. The zero-order valence-corrected chi connectivity index (χ0v) is 13.9. The largest absolute Gasteiger partial charge is 0.484 e. The lowest BCUT2D eigenvalue weighted by Crippen LogP contribution is -2.12. The summed E-state index contributed by atoms with van der Waals surface area (Å²) in [7, 11) is 1.94. The Balaban J connectivity index is 2.10. The lowest BCUT2D eigenvalue weighted by Gasteiger charge is -2.08. The van der Waals surface area contributed by atoms with Gasteiger partial charge in [0.2, 0.25) is 5.78 Å². The number of nitrogens with zero attached hydrogens (tertiary/aromatic N) is 1. The van der Waals surface area contributed by atoms with Crippen LogP contribution in [0.5, 0.6) is 5.75 Å². The summed E-state index contributed by atoms with van der Waals surface area (Å²) in [6.07, 6.45) is 0. The first-order valence-electron chi connectivity index (χ1n) is 6.14. The summed E-state index contributed by atoms with van der Waals surface area (Å²) in [5, 5.41) is 0.480. The van der Waals surface area contributed by atoms with Gasteiger partial charge in [-0.2, -0.15) is 0 Å². The first kappa shape index (κ1) is 15.1. The number of hydrogen-bond acceptors (Lipinski definition) is 2. The smallest absolute Gasteiger partial charge is 0.202 e. The van der Waals surface area contributed by atoms with Crippen molar-refractivity contribution in [3.8, 4) is 5.75 Å². The number of hydrogen-bond donors (Lipinski definition) is 0. The molecule has 0 saturated heterocycles. The van der Waals surface area contributed by atoms with Crippen LogP contribution < -0.4 is 4.74 Å². The van der Waals surface area contributed by atoms with Gasteiger partial charge < -0.3 is 9.30 Å². The number of aromatic nitrogens is 1. The Bertz CT molecular complexity index is 664. The van der Waals surface area contributed by atoms with E-state index in [-0.39, 0.29) is 12.4 Å². The van der Waals surface area contributed by atoms with Crippen LogP contribution in [0.3, 0.4) is 0 Å². The molecule has 0 atom stereocenters. The molecule has 0 bridgehead atoms. The maximum absolute atomic E-state index is 12.2. The first-order valence-corrected chi connectivity index (χ1v) is 7.31. The number of benzene rings is 1. The van der Waals surface area contributed by atoms with E-state index in [1.165, 1.54) is 0 Å². The number of aryl methyl sites for hydroxylation is 1. The molecule has 0 aliphatic rings. The molecule has 0 amide bonds. The molecule has 5 heteroatoms. The average molecular weight is 357 g/mol. The number of halogens is 2. The standard InChI is InChI=1S/C15H15BrClNO2/c1-9-6-12(10(2)18(9)3)14(19)8-20-15-5-4-11(16)7-13(15)17/h4-7H,8H2,1-3H3. The Labute approximate surface area is 131 Å². The summed E-state index contributed by atoms with van der Waals surface area (Å²) in [5.74, 6) is 0.457. The van der Waals surface area contributed by atoms with Crippen LogP contribution in [0.25, 0.3) is 0 Å². The van der Waals surface area contributed by atoms with Gasteiger partial charge in [0.05, 0.1) is 5.02 Å². The van der Waals surface area contributed by atoms with Crippen molar-refractivity contribution in [1.29, 1.82) is 0 Å². The van der Waals surface area contributed by atoms with Crippen LogP contribution in [0, 0.1) is 13.8 Å². The Hall–Kier alpha value is -1.26. The molecule has 0 saturated carbocycles. The first-order chi connectivity index (χ1) is 9.40. The van der Waals surface area contributed by atoms with Gasteiger partial charge in [-0.05, 0) is 38.1 Å². The van der Waals surface area contributed by atoms with Crippen molar-refractivity contribution in [3.63, 3.8) is 0 Å². The third-order valence-corrected chi connectivity index (χ3v) is 4.12. The van der Waals surface area contributed by atoms with E-state index in [0.29, 0.717) is 16.3 Å². The number of carbonyl (C=O) groups excluding carboxylic acids is 1. The van der Waals surface area contributed by atoms with Crippen molar-refractivity contribution in [1.82, 2.24) is 4.57 Å². The van der Waals surface area contributed by atoms with Crippen molar-refractivity contribution in [2.45, 2.75) is 13.8 Å². The van der Waals surface area contributed by atoms with Crippen molar-refractivity contribution in [3.05, 3.63) is 50.7 Å². The molecule has 0 unspecified atom stereocenters. The fraction of sp³-hybridized carbons (Fsp3) is 0.267. The molecule has 0 aliphatic carbocycles. The minimum absolute atomic E-state index is 0.0222. The monoisotopic (exact) mass is 355 g/mol. The van der Waals surface area contributed by atoms with Gasteiger partial charge in [0.25, 0.3) is 0 Å². The molecule has 20 heavy (non-hydrogen) atoms. The van der Waals surface area contributed by atoms with E-state index in [2.05, 4.69) is 15.9 Å². The highest BCUT2D eigenvalue weighted by atomic mass is 79.9. The zero-order chi connectivity index (χ0) is 14.9. The van der Waals surface area contributed by atoms with Crippen molar-refractivity contribution in [2.75, 3.05) is 6.61 Å². The SMILES string of the molecule is Cc1cc(C(=O)COc2ccc(Br)cc2Cl)c(C)n1C. The predicted molar refractivity (Wildman–Crippen MR) is 83.9 cm³/mol. The van der Waals surface area contributed by atoms with Gasteiger partial charge >= 0.3 is 0 Å². The molecular formula is C15H15BrClNO2. The van der Waals surface area contributed by atoms with Crippen LogP contribution >= 0.6 is 27.5 Å². The second kappa shape index (κ2) is 6.02. The Morgan fingerprint density at radius 3 is 2.60 bits per heavy atom. The lowest BCUT2D eigenvalue weighted by molar-refractivity contribution is 0.0921. The van der Waals surface area contributed by atoms with Gasteiger partial charge in [0.1, 0.15) is 5.75 Å². The summed E-state index contributed by atoms with van der Waals surface area (Å²) >= 11 is 9.37. The van der Waals surface area contributed by atoms with Crippen LogP contribution in [-0.2, 0) is 7.05 Å². The maximum atomic E-state index is 12.2. The minimum atomic E-state index is -0.0508. The summed E-state index contributed by atoms with van der Waals surface area (Å²) in [6.45, 7) is 3.87. The minimum Gasteiger partial charge on any atom is -0.484 e. The molecule has 1 aromatic carbocycles.